The molecule has 0 saturated heterocycles. The maximum absolute atomic E-state index is 5.88. The van der Waals surface area contributed by atoms with Gasteiger partial charge in [-0.25, -0.2) is 0 Å². The van der Waals surface area contributed by atoms with Crippen molar-refractivity contribution in [3.05, 3.63) is 33.8 Å². The van der Waals surface area contributed by atoms with Crippen molar-refractivity contribution in [1.29, 1.82) is 0 Å². The van der Waals surface area contributed by atoms with Crippen LogP contribution in [0, 0.1) is 0 Å². The van der Waals surface area contributed by atoms with Crippen LogP contribution in [0.25, 0.3) is 0 Å². The Hall–Kier alpha value is -0.310. The Morgan fingerprint density at radius 2 is 2.08 bits per heavy atom. The van der Waals surface area contributed by atoms with Gasteiger partial charge in [0.25, 0.3) is 0 Å². The zero-order chi connectivity index (χ0) is 9.14. The van der Waals surface area contributed by atoms with Gasteiger partial charge in [-0.3, -0.25) is 0 Å². The van der Waals surface area contributed by atoms with E-state index in [0.29, 0.717) is 15.0 Å². The number of rotatable bonds is 1. The van der Waals surface area contributed by atoms with Gasteiger partial charge in [-0.1, -0.05) is 35.4 Å². The van der Waals surface area contributed by atoms with Crippen molar-refractivity contribution in [3.63, 3.8) is 0 Å². The third kappa shape index (κ3) is 2.09. The molecule has 64 valence electrons. The minimum atomic E-state index is 0.600. The molecule has 0 amide bonds. The molecule has 1 N–H and O–H groups in total. The highest BCUT2D eigenvalue weighted by atomic mass is 35.5. The van der Waals surface area contributed by atoms with E-state index in [1.807, 2.05) is 0 Å². The van der Waals surface area contributed by atoms with Crippen molar-refractivity contribution >= 4 is 40.4 Å². The molecule has 0 atom stereocenters. The average molecular weight is 220 g/mol. The molecule has 0 fully saturated rings. The third-order valence-corrected chi connectivity index (χ3v) is 2.39. The molecular formula is C8H7Cl2NS. The molecule has 1 aromatic carbocycles. The standard InChI is InChI=1S/C8H7Cl2NS/c1-11-8(12)6-4-5(9)2-3-7(6)10/h2-4H,1H3,(H,11,12). The summed E-state index contributed by atoms with van der Waals surface area (Å²) in [6.07, 6.45) is 0. The molecule has 1 nitrogen and oxygen atoms in total. The van der Waals surface area contributed by atoms with Crippen LogP contribution < -0.4 is 5.32 Å². The number of benzene rings is 1. The lowest BCUT2D eigenvalue weighted by Crippen LogP contribution is -2.16. The Kier molecular flexibility index (Phi) is 3.32. The van der Waals surface area contributed by atoms with Crippen molar-refractivity contribution in [3.8, 4) is 0 Å². The van der Waals surface area contributed by atoms with E-state index in [4.69, 9.17) is 35.4 Å². The monoisotopic (exact) mass is 219 g/mol. The van der Waals surface area contributed by atoms with E-state index >= 15 is 0 Å². The first-order chi connectivity index (χ1) is 5.65. The van der Waals surface area contributed by atoms with Crippen molar-refractivity contribution in [2.24, 2.45) is 0 Å². The second-order valence-electron chi connectivity index (χ2n) is 2.20. The van der Waals surface area contributed by atoms with Gasteiger partial charge < -0.3 is 5.32 Å². The van der Waals surface area contributed by atoms with E-state index in [0.717, 1.165) is 5.56 Å². The van der Waals surface area contributed by atoms with Crippen LogP contribution in [-0.4, -0.2) is 12.0 Å². The number of hydrogen-bond acceptors (Lipinski definition) is 1. The first kappa shape index (κ1) is 9.78. The summed E-state index contributed by atoms with van der Waals surface area (Å²) in [7, 11) is 1.75. The lowest BCUT2D eigenvalue weighted by molar-refractivity contribution is 1.20. The van der Waals surface area contributed by atoms with Crippen LogP contribution in [0.4, 0.5) is 0 Å². The number of nitrogens with one attached hydrogen (secondary N) is 1. The van der Waals surface area contributed by atoms with Crippen molar-refractivity contribution in [2.45, 2.75) is 0 Å². The second kappa shape index (κ2) is 4.08. The maximum Gasteiger partial charge on any atom is 0.107 e. The van der Waals surface area contributed by atoms with E-state index in [9.17, 15) is 0 Å². The first-order valence-corrected chi connectivity index (χ1v) is 4.48. The van der Waals surface area contributed by atoms with Gasteiger partial charge in [0.2, 0.25) is 0 Å². The van der Waals surface area contributed by atoms with Crippen molar-refractivity contribution in [2.75, 3.05) is 7.05 Å². The molecule has 12 heavy (non-hydrogen) atoms. The van der Waals surface area contributed by atoms with E-state index in [-0.39, 0.29) is 0 Å². The molecular weight excluding hydrogens is 213 g/mol. The molecule has 1 rings (SSSR count). The molecule has 0 aromatic heterocycles. The Bertz CT molecular complexity index is 312. The largest absolute Gasteiger partial charge is 0.379 e. The number of thiocarbonyl (C=S) groups is 1. The van der Waals surface area contributed by atoms with E-state index in [1.54, 1.807) is 25.2 Å². The van der Waals surface area contributed by atoms with Crippen LogP contribution in [0.15, 0.2) is 18.2 Å². The Morgan fingerprint density at radius 3 is 2.67 bits per heavy atom. The predicted octanol–water partition coefficient (Wildman–Crippen LogP) is 2.89. The quantitative estimate of drug-likeness (QED) is 0.730. The SMILES string of the molecule is CNC(=S)c1cc(Cl)ccc1Cl. The normalized spacial score (nSPS) is 9.58. The maximum atomic E-state index is 5.88. The molecule has 0 heterocycles. The average Bonchev–Trinajstić information content (AvgIpc) is 2.08. The Labute approximate surface area is 86.7 Å². The highest BCUT2D eigenvalue weighted by Gasteiger charge is 2.04. The minimum Gasteiger partial charge on any atom is -0.379 e. The first-order valence-electron chi connectivity index (χ1n) is 3.32. The fourth-order valence-electron chi connectivity index (χ4n) is 0.806. The lowest BCUT2D eigenvalue weighted by atomic mass is 10.2. The van der Waals surface area contributed by atoms with Gasteiger partial charge in [0, 0.05) is 17.6 Å². The van der Waals surface area contributed by atoms with E-state index in [2.05, 4.69) is 5.32 Å². The van der Waals surface area contributed by atoms with Crippen LogP contribution in [0.5, 0.6) is 0 Å². The summed E-state index contributed by atoms with van der Waals surface area (Å²) in [5.41, 5.74) is 0.765. The van der Waals surface area contributed by atoms with Gasteiger partial charge in [-0.2, -0.15) is 0 Å². The summed E-state index contributed by atoms with van der Waals surface area (Å²) in [6, 6.07) is 5.19. The molecule has 0 saturated carbocycles. The van der Waals surface area contributed by atoms with E-state index < -0.39 is 0 Å². The van der Waals surface area contributed by atoms with Gasteiger partial charge in [0.05, 0.1) is 5.02 Å². The molecule has 0 spiro atoms. The van der Waals surface area contributed by atoms with Crippen LogP contribution in [0.2, 0.25) is 10.0 Å². The van der Waals surface area contributed by atoms with Crippen molar-refractivity contribution < 1.29 is 0 Å². The number of hydrogen-bond donors (Lipinski definition) is 1. The van der Waals surface area contributed by atoms with Crippen LogP contribution in [0.1, 0.15) is 5.56 Å². The second-order valence-corrected chi connectivity index (χ2v) is 3.46. The van der Waals surface area contributed by atoms with Gasteiger partial charge >= 0.3 is 0 Å². The van der Waals surface area contributed by atoms with Gasteiger partial charge in [0.1, 0.15) is 4.99 Å². The third-order valence-electron chi connectivity index (χ3n) is 1.40. The smallest absolute Gasteiger partial charge is 0.107 e. The molecule has 0 aliphatic heterocycles. The highest BCUT2D eigenvalue weighted by Crippen LogP contribution is 2.20. The molecule has 0 bridgehead atoms. The summed E-state index contributed by atoms with van der Waals surface area (Å²) in [5.74, 6) is 0. The van der Waals surface area contributed by atoms with Crippen LogP contribution in [-0.2, 0) is 0 Å². The Balaban J connectivity index is 3.13. The van der Waals surface area contributed by atoms with Crippen LogP contribution in [0.3, 0.4) is 0 Å². The summed E-state index contributed by atoms with van der Waals surface area (Å²) in [4.78, 5) is 0.600. The zero-order valence-electron chi connectivity index (χ0n) is 6.40. The lowest BCUT2D eigenvalue weighted by Gasteiger charge is -2.05. The summed E-state index contributed by atoms with van der Waals surface area (Å²) in [6.45, 7) is 0. The highest BCUT2D eigenvalue weighted by molar-refractivity contribution is 7.80. The molecule has 0 radical (unpaired) electrons. The summed E-state index contributed by atoms with van der Waals surface area (Å²) in [5, 5.41) is 4.08. The fourth-order valence-corrected chi connectivity index (χ4v) is 1.42. The van der Waals surface area contributed by atoms with Gasteiger partial charge in [-0.05, 0) is 18.2 Å². The minimum absolute atomic E-state index is 0.600. The molecule has 0 unspecified atom stereocenters. The molecule has 1 aromatic rings. The van der Waals surface area contributed by atoms with Gasteiger partial charge in [0.15, 0.2) is 0 Å². The molecule has 4 heteroatoms. The molecule has 0 aliphatic rings. The summed E-state index contributed by atoms with van der Waals surface area (Å²) < 4.78 is 0. The number of halogens is 2. The topological polar surface area (TPSA) is 12.0 Å². The molecule has 0 aliphatic carbocycles. The van der Waals surface area contributed by atoms with E-state index in [1.165, 1.54) is 0 Å². The fraction of sp³-hybridized carbons (Fsp3) is 0.125. The Morgan fingerprint density at radius 1 is 1.42 bits per heavy atom. The summed E-state index contributed by atoms with van der Waals surface area (Å²) >= 11 is 16.7. The zero-order valence-corrected chi connectivity index (χ0v) is 8.72. The van der Waals surface area contributed by atoms with Gasteiger partial charge in [-0.15, -0.1) is 0 Å². The van der Waals surface area contributed by atoms with Crippen LogP contribution >= 0.6 is 35.4 Å². The van der Waals surface area contributed by atoms with Crippen molar-refractivity contribution in [1.82, 2.24) is 5.32 Å². The predicted molar refractivity (Wildman–Crippen MR) is 57.2 cm³/mol.